The van der Waals surface area contributed by atoms with Gasteiger partial charge in [0.05, 0.1) is 30.1 Å². The van der Waals surface area contributed by atoms with E-state index in [9.17, 15) is 17.6 Å². The van der Waals surface area contributed by atoms with Gasteiger partial charge in [0, 0.05) is 12.1 Å². The zero-order chi connectivity index (χ0) is 21.2. The number of ether oxygens (including phenoxy) is 1. The summed E-state index contributed by atoms with van der Waals surface area (Å²) < 4.78 is 59.2. The van der Waals surface area contributed by atoms with Crippen LogP contribution in [0, 0.1) is 17.2 Å². The molecule has 0 radical (unpaired) electrons. The van der Waals surface area contributed by atoms with E-state index in [4.69, 9.17) is 4.74 Å². The van der Waals surface area contributed by atoms with Gasteiger partial charge in [-0.05, 0) is 56.8 Å². The summed E-state index contributed by atoms with van der Waals surface area (Å²) in [6.45, 7) is 1.91. The Labute approximate surface area is 173 Å². The van der Waals surface area contributed by atoms with Gasteiger partial charge in [-0.2, -0.15) is 13.2 Å². The van der Waals surface area contributed by atoms with E-state index in [2.05, 4.69) is 9.97 Å². The fraction of sp³-hybridized carbons (Fsp3) is 0.545. The number of nitrogens with zero attached hydrogens (tertiary/aromatic N) is 3. The maximum Gasteiger partial charge on any atom is 0.395 e. The van der Waals surface area contributed by atoms with E-state index in [-0.39, 0.29) is 31.1 Å². The molecule has 4 nitrogen and oxygen atoms in total. The molecule has 0 atom stereocenters. The van der Waals surface area contributed by atoms with E-state index in [1.807, 2.05) is 4.90 Å². The van der Waals surface area contributed by atoms with Gasteiger partial charge in [0.2, 0.25) is 5.88 Å². The van der Waals surface area contributed by atoms with Crippen molar-refractivity contribution in [2.45, 2.75) is 38.3 Å². The highest BCUT2D eigenvalue weighted by atomic mass is 19.4. The Morgan fingerprint density at radius 2 is 1.87 bits per heavy atom. The highest BCUT2D eigenvalue weighted by Crippen LogP contribution is 2.53. The van der Waals surface area contributed by atoms with Crippen LogP contribution in [-0.4, -0.2) is 47.3 Å². The van der Waals surface area contributed by atoms with Crippen molar-refractivity contribution >= 4 is 0 Å². The van der Waals surface area contributed by atoms with Gasteiger partial charge in [-0.15, -0.1) is 0 Å². The summed E-state index contributed by atoms with van der Waals surface area (Å²) >= 11 is 0. The fourth-order valence-corrected chi connectivity index (χ4v) is 4.26. The molecule has 0 N–H and O–H groups in total. The van der Waals surface area contributed by atoms with Crippen molar-refractivity contribution < 1.29 is 22.3 Å². The van der Waals surface area contributed by atoms with Crippen LogP contribution < -0.4 is 4.74 Å². The molecule has 0 spiro atoms. The summed E-state index contributed by atoms with van der Waals surface area (Å²) in [7, 11) is 0. The molecule has 8 heteroatoms. The van der Waals surface area contributed by atoms with Crippen LogP contribution in [0.15, 0.2) is 36.7 Å². The van der Waals surface area contributed by atoms with Gasteiger partial charge >= 0.3 is 6.18 Å². The van der Waals surface area contributed by atoms with E-state index in [1.54, 1.807) is 18.3 Å². The van der Waals surface area contributed by atoms with Gasteiger partial charge in [-0.25, -0.2) is 14.4 Å². The number of aromatic nitrogens is 2. The van der Waals surface area contributed by atoms with E-state index >= 15 is 0 Å². The van der Waals surface area contributed by atoms with Crippen LogP contribution in [0.2, 0.25) is 0 Å². The third kappa shape index (κ3) is 4.58. The Bertz CT molecular complexity index is 844. The van der Waals surface area contributed by atoms with Crippen LogP contribution in [0.25, 0.3) is 11.3 Å². The third-order valence-corrected chi connectivity index (χ3v) is 6.36. The van der Waals surface area contributed by atoms with Crippen LogP contribution in [-0.2, 0) is 0 Å². The summed E-state index contributed by atoms with van der Waals surface area (Å²) in [6, 6.07) is 6.14. The fourth-order valence-electron chi connectivity index (χ4n) is 4.26. The molecule has 1 aliphatic heterocycles. The highest BCUT2D eigenvalue weighted by molar-refractivity contribution is 5.57. The van der Waals surface area contributed by atoms with E-state index in [1.165, 1.54) is 18.3 Å². The first-order chi connectivity index (χ1) is 14.3. The molecule has 2 heterocycles. The number of benzene rings is 1. The SMILES string of the molecule is Fc1cccc(-c2cnc(OCC3CCN(CC4(C(F)(F)F)CCC4)CC3)cn2)c1. The summed E-state index contributed by atoms with van der Waals surface area (Å²) in [4.78, 5) is 10.5. The third-order valence-electron chi connectivity index (χ3n) is 6.36. The predicted octanol–water partition coefficient (Wildman–Crippen LogP) is 5.11. The Morgan fingerprint density at radius 3 is 2.43 bits per heavy atom. The molecule has 1 aromatic heterocycles. The number of halogens is 4. The van der Waals surface area contributed by atoms with Crippen molar-refractivity contribution in [1.82, 2.24) is 14.9 Å². The molecule has 162 valence electrons. The minimum atomic E-state index is -4.11. The summed E-state index contributed by atoms with van der Waals surface area (Å²) in [5.41, 5.74) is -0.288. The Morgan fingerprint density at radius 1 is 1.10 bits per heavy atom. The number of rotatable bonds is 6. The highest BCUT2D eigenvalue weighted by Gasteiger charge is 2.58. The van der Waals surface area contributed by atoms with Crippen molar-refractivity contribution in [2.75, 3.05) is 26.2 Å². The molecule has 1 saturated carbocycles. The second kappa shape index (κ2) is 8.49. The number of alkyl halides is 3. The van der Waals surface area contributed by atoms with Gasteiger partial charge < -0.3 is 9.64 Å². The van der Waals surface area contributed by atoms with Crippen molar-refractivity contribution in [3.63, 3.8) is 0 Å². The maximum atomic E-state index is 13.4. The molecular weight excluding hydrogens is 398 g/mol. The van der Waals surface area contributed by atoms with E-state index in [0.717, 1.165) is 12.8 Å². The topological polar surface area (TPSA) is 38.2 Å². The quantitative estimate of drug-likeness (QED) is 0.606. The second-order valence-corrected chi connectivity index (χ2v) is 8.41. The summed E-state index contributed by atoms with van der Waals surface area (Å²) in [5, 5.41) is 0. The number of piperidine rings is 1. The normalized spacial score (nSPS) is 20.0. The zero-order valence-electron chi connectivity index (χ0n) is 16.7. The zero-order valence-corrected chi connectivity index (χ0v) is 16.7. The van der Waals surface area contributed by atoms with Crippen LogP contribution in [0.4, 0.5) is 17.6 Å². The van der Waals surface area contributed by atoms with Crippen molar-refractivity contribution in [3.8, 4) is 17.1 Å². The maximum absolute atomic E-state index is 13.4. The lowest BCUT2D eigenvalue weighted by Gasteiger charge is -2.47. The molecule has 0 bridgehead atoms. The smallest absolute Gasteiger partial charge is 0.395 e. The molecule has 1 aromatic carbocycles. The average Bonchev–Trinajstić information content (AvgIpc) is 2.69. The monoisotopic (exact) mass is 423 g/mol. The predicted molar refractivity (Wildman–Crippen MR) is 104 cm³/mol. The molecule has 0 amide bonds. The van der Waals surface area contributed by atoms with Crippen molar-refractivity contribution in [1.29, 1.82) is 0 Å². The average molecular weight is 423 g/mol. The summed E-state index contributed by atoms with van der Waals surface area (Å²) in [6.07, 6.45) is 1.74. The van der Waals surface area contributed by atoms with E-state index < -0.39 is 11.6 Å². The molecule has 2 fully saturated rings. The lowest BCUT2D eigenvalue weighted by atomic mass is 9.67. The largest absolute Gasteiger partial charge is 0.476 e. The molecule has 1 aliphatic carbocycles. The molecular formula is C22H25F4N3O. The van der Waals surface area contributed by atoms with Crippen LogP contribution in [0.5, 0.6) is 5.88 Å². The van der Waals surface area contributed by atoms with Gasteiger partial charge in [-0.3, -0.25) is 0 Å². The minimum absolute atomic E-state index is 0.122. The standard InChI is InChI=1S/C22H25F4N3O/c23-18-4-1-3-17(11-18)19-12-28-20(13-27-19)30-14-16-5-9-29(10-6-16)15-21(7-2-8-21)22(24,25)26/h1,3-4,11-13,16H,2,5-10,14-15H2. The van der Waals surface area contributed by atoms with Gasteiger partial charge in [0.1, 0.15) is 5.82 Å². The van der Waals surface area contributed by atoms with Crippen LogP contribution in [0.3, 0.4) is 0 Å². The summed E-state index contributed by atoms with van der Waals surface area (Å²) in [5.74, 6) is 0.344. The Hall–Kier alpha value is -2.22. The molecule has 2 aliphatic rings. The van der Waals surface area contributed by atoms with Crippen molar-refractivity contribution in [2.24, 2.45) is 11.3 Å². The number of hydrogen-bond acceptors (Lipinski definition) is 4. The molecule has 0 unspecified atom stereocenters. The Kier molecular flexibility index (Phi) is 5.95. The molecule has 30 heavy (non-hydrogen) atoms. The van der Waals surface area contributed by atoms with Gasteiger partial charge in [-0.1, -0.05) is 18.6 Å². The number of likely N-dealkylation sites (tertiary alicyclic amines) is 1. The van der Waals surface area contributed by atoms with Gasteiger partial charge in [0.15, 0.2) is 0 Å². The first-order valence-electron chi connectivity index (χ1n) is 10.3. The van der Waals surface area contributed by atoms with Crippen LogP contribution >= 0.6 is 0 Å². The first kappa shape index (κ1) is 21.0. The number of hydrogen-bond donors (Lipinski definition) is 0. The minimum Gasteiger partial charge on any atom is -0.476 e. The molecule has 4 rings (SSSR count). The van der Waals surface area contributed by atoms with E-state index in [0.29, 0.717) is 43.3 Å². The van der Waals surface area contributed by atoms with Gasteiger partial charge in [0.25, 0.3) is 0 Å². The first-order valence-corrected chi connectivity index (χ1v) is 10.3. The lowest BCUT2D eigenvalue weighted by Crippen LogP contribution is -2.53. The molecule has 1 saturated heterocycles. The second-order valence-electron chi connectivity index (χ2n) is 8.41. The Balaban J connectivity index is 1.24. The van der Waals surface area contributed by atoms with Crippen LogP contribution in [0.1, 0.15) is 32.1 Å². The molecule has 2 aromatic rings. The lowest BCUT2D eigenvalue weighted by molar-refractivity contribution is -0.256. The van der Waals surface area contributed by atoms with Crippen molar-refractivity contribution in [3.05, 3.63) is 42.5 Å².